The van der Waals surface area contributed by atoms with Gasteiger partial charge in [-0.3, -0.25) is 18.6 Å². The van der Waals surface area contributed by atoms with Crippen LogP contribution in [0, 0.1) is 0 Å². The highest BCUT2D eigenvalue weighted by atomic mass is 31.2. The third-order valence-electron chi connectivity index (χ3n) is 3.76. The van der Waals surface area contributed by atoms with Crippen molar-refractivity contribution in [3.8, 4) is 0 Å². The topological polar surface area (TPSA) is 149 Å². The Morgan fingerprint density at radius 1 is 0.897 bits per heavy atom. The van der Waals surface area contributed by atoms with Crippen molar-refractivity contribution in [2.45, 2.75) is 77.4 Å². The average molecular weight is 442 g/mol. The van der Waals surface area contributed by atoms with Crippen molar-refractivity contribution in [3.63, 3.8) is 0 Å². The quantitative estimate of drug-likeness (QED) is 0.164. The van der Waals surface area contributed by atoms with Gasteiger partial charge in [0.05, 0.1) is 19.8 Å². The van der Waals surface area contributed by atoms with Crippen LogP contribution in [0.5, 0.6) is 0 Å². The van der Waals surface area contributed by atoms with Crippen molar-refractivity contribution < 1.29 is 47.8 Å². The van der Waals surface area contributed by atoms with E-state index in [0.717, 1.165) is 25.7 Å². The van der Waals surface area contributed by atoms with Crippen molar-refractivity contribution in [2.75, 3.05) is 26.4 Å². The second kappa shape index (κ2) is 16.7. The monoisotopic (exact) mass is 442 g/mol. The second-order valence-electron chi connectivity index (χ2n) is 6.61. The van der Waals surface area contributed by atoms with Gasteiger partial charge in [-0.25, -0.2) is 4.57 Å². The number of carbonyl (C=O) groups excluding carboxylic acids is 2. The summed E-state index contributed by atoms with van der Waals surface area (Å²) >= 11 is 0. The fourth-order valence-electron chi connectivity index (χ4n) is 2.11. The maximum absolute atomic E-state index is 11.9. The minimum Gasteiger partial charge on any atom is -0.462 e. The van der Waals surface area contributed by atoms with Crippen LogP contribution in [0.25, 0.3) is 0 Å². The third kappa shape index (κ3) is 16.5. The molecule has 0 heterocycles. The average Bonchev–Trinajstić information content (AvgIpc) is 2.68. The Labute approximate surface area is 172 Å². The fourth-order valence-corrected chi connectivity index (χ4v) is 2.89. The highest BCUT2D eigenvalue weighted by Crippen LogP contribution is 2.43. The molecule has 0 saturated carbocycles. The molecule has 0 aromatic rings. The van der Waals surface area contributed by atoms with Crippen LogP contribution in [0.15, 0.2) is 0 Å². The van der Waals surface area contributed by atoms with Gasteiger partial charge >= 0.3 is 19.8 Å². The molecule has 0 aliphatic heterocycles. The van der Waals surface area contributed by atoms with Crippen molar-refractivity contribution >= 4 is 19.8 Å². The number of phosphoric acid groups is 1. The van der Waals surface area contributed by atoms with Crippen molar-refractivity contribution in [1.82, 2.24) is 0 Å². The molecule has 0 aromatic carbocycles. The highest BCUT2D eigenvalue weighted by Gasteiger charge is 2.27. The zero-order chi connectivity index (χ0) is 22.1. The molecular weight excluding hydrogens is 407 g/mol. The number of ether oxygens (including phenoxy) is 2. The van der Waals surface area contributed by atoms with Gasteiger partial charge < -0.3 is 24.6 Å². The molecular formula is C18H35O10P. The minimum atomic E-state index is -4.55. The van der Waals surface area contributed by atoms with Gasteiger partial charge in [0.15, 0.2) is 6.10 Å². The summed E-state index contributed by atoms with van der Waals surface area (Å²) in [5.74, 6) is -0.988. The number of hydrogen-bond donors (Lipinski definition) is 3. The summed E-state index contributed by atoms with van der Waals surface area (Å²) in [6, 6.07) is 0. The highest BCUT2D eigenvalue weighted by molar-refractivity contribution is 7.47. The van der Waals surface area contributed by atoms with Gasteiger partial charge in [0, 0.05) is 12.8 Å². The summed E-state index contributed by atoms with van der Waals surface area (Å²) < 4.78 is 31.4. The number of carbonyl (C=O) groups is 2. The molecule has 10 nitrogen and oxygen atoms in total. The molecule has 0 spiro atoms. The van der Waals surface area contributed by atoms with Gasteiger partial charge in [-0.15, -0.1) is 0 Å². The molecule has 0 bridgehead atoms. The van der Waals surface area contributed by atoms with E-state index in [1.807, 2.05) is 13.8 Å². The number of aliphatic hydroxyl groups is 2. The molecule has 3 N–H and O–H groups in total. The van der Waals surface area contributed by atoms with Crippen LogP contribution in [0.3, 0.4) is 0 Å². The summed E-state index contributed by atoms with van der Waals surface area (Å²) in [6.45, 7) is 1.89. The van der Waals surface area contributed by atoms with Crippen LogP contribution in [0.4, 0.5) is 0 Å². The molecule has 172 valence electrons. The van der Waals surface area contributed by atoms with Gasteiger partial charge in [0.1, 0.15) is 12.7 Å². The lowest BCUT2D eigenvalue weighted by molar-refractivity contribution is -0.161. The Kier molecular flexibility index (Phi) is 16.1. The lowest BCUT2D eigenvalue weighted by Gasteiger charge is -2.20. The van der Waals surface area contributed by atoms with Crippen LogP contribution in [0.1, 0.15) is 65.2 Å². The predicted octanol–water partition coefficient (Wildman–Crippen LogP) is 2.09. The Balaban J connectivity index is 4.62. The number of phosphoric ester groups is 1. The molecule has 0 aliphatic carbocycles. The SMILES string of the molecule is CCCCCC(=O)OC[C@@H](COP(=O)(O)OC[C@H](O)CO)OC(=O)CCCCC. The van der Waals surface area contributed by atoms with E-state index < -0.39 is 51.8 Å². The van der Waals surface area contributed by atoms with Crippen LogP contribution >= 0.6 is 7.82 Å². The van der Waals surface area contributed by atoms with Crippen molar-refractivity contribution in [1.29, 1.82) is 0 Å². The molecule has 0 saturated heterocycles. The number of hydrogen-bond acceptors (Lipinski definition) is 9. The van der Waals surface area contributed by atoms with E-state index in [-0.39, 0.29) is 19.4 Å². The maximum Gasteiger partial charge on any atom is 0.472 e. The Morgan fingerprint density at radius 3 is 2.00 bits per heavy atom. The first-order chi connectivity index (χ1) is 13.7. The van der Waals surface area contributed by atoms with Crippen LogP contribution in [0.2, 0.25) is 0 Å². The molecule has 29 heavy (non-hydrogen) atoms. The standard InChI is InChI=1S/C18H35O10P/c1-3-5-7-9-17(21)25-13-16(28-18(22)10-8-6-4-2)14-27-29(23,24)26-12-15(20)11-19/h15-16,19-20H,3-14H2,1-2H3,(H,23,24)/t15-,16+/m1/s1. The Bertz CT molecular complexity index is 499. The number of rotatable bonds is 18. The van der Waals surface area contributed by atoms with Crippen molar-refractivity contribution in [2.24, 2.45) is 0 Å². The van der Waals surface area contributed by atoms with Gasteiger partial charge in [-0.2, -0.15) is 0 Å². The zero-order valence-electron chi connectivity index (χ0n) is 17.3. The van der Waals surface area contributed by atoms with Gasteiger partial charge in [-0.1, -0.05) is 39.5 Å². The summed E-state index contributed by atoms with van der Waals surface area (Å²) in [4.78, 5) is 33.3. The van der Waals surface area contributed by atoms with Gasteiger partial charge in [0.2, 0.25) is 0 Å². The smallest absolute Gasteiger partial charge is 0.462 e. The first-order valence-electron chi connectivity index (χ1n) is 9.99. The third-order valence-corrected chi connectivity index (χ3v) is 4.71. The fraction of sp³-hybridized carbons (Fsp3) is 0.889. The van der Waals surface area contributed by atoms with Gasteiger partial charge in [-0.05, 0) is 12.8 Å². The lowest BCUT2D eigenvalue weighted by atomic mass is 10.2. The summed E-state index contributed by atoms with van der Waals surface area (Å²) in [7, 11) is -4.55. The Hall–Kier alpha value is -1.03. The summed E-state index contributed by atoms with van der Waals surface area (Å²) in [5, 5.41) is 17.9. The molecule has 0 radical (unpaired) electrons. The normalized spacial score (nSPS) is 15.3. The molecule has 0 aliphatic rings. The molecule has 0 amide bonds. The van der Waals surface area contributed by atoms with Crippen LogP contribution in [-0.2, 0) is 32.7 Å². The second-order valence-corrected chi connectivity index (χ2v) is 8.06. The molecule has 0 rings (SSSR count). The largest absolute Gasteiger partial charge is 0.472 e. The maximum atomic E-state index is 11.9. The summed E-state index contributed by atoms with van der Waals surface area (Å²) in [5.41, 5.74) is 0. The number of aliphatic hydroxyl groups excluding tert-OH is 2. The van der Waals surface area contributed by atoms with E-state index in [0.29, 0.717) is 12.8 Å². The number of esters is 2. The first kappa shape index (κ1) is 28.0. The Morgan fingerprint density at radius 2 is 1.45 bits per heavy atom. The van der Waals surface area contributed by atoms with Crippen LogP contribution < -0.4 is 0 Å². The van der Waals surface area contributed by atoms with E-state index >= 15 is 0 Å². The first-order valence-corrected chi connectivity index (χ1v) is 11.5. The lowest BCUT2D eigenvalue weighted by Crippen LogP contribution is -2.29. The van der Waals surface area contributed by atoms with E-state index in [1.165, 1.54) is 0 Å². The minimum absolute atomic E-state index is 0.171. The van der Waals surface area contributed by atoms with Crippen LogP contribution in [-0.4, -0.2) is 65.7 Å². The van der Waals surface area contributed by atoms with Crippen molar-refractivity contribution in [3.05, 3.63) is 0 Å². The van der Waals surface area contributed by atoms with E-state index in [1.54, 1.807) is 0 Å². The van der Waals surface area contributed by atoms with E-state index in [9.17, 15) is 19.0 Å². The number of unbranched alkanes of at least 4 members (excludes halogenated alkanes) is 4. The molecule has 0 aromatic heterocycles. The molecule has 1 unspecified atom stereocenters. The predicted molar refractivity (Wildman–Crippen MR) is 104 cm³/mol. The summed E-state index contributed by atoms with van der Waals surface area (Å²) in [6.07, 6.45) is 2.93. The van der Waals surface area contributed by atoms with Gasteiger partial charge in [0.25, 0.3) is 0 Å². The molecule has 11 heteroatoms. The molecule has 0 fully saturated rings. The van der Waals surface area contributed by atoms with E-state index in [2.05, 4.69) is 4.52 Å². The molecule has 3 atom stereocenters. The van der Waals surface area contributed by atoms with E-state index in [4.69, 9.17) is 24.2 Å². The zero-order valence-corrected chi connectivity index (χ0v) is 18.2.